The van der Waals surface area contributed by atoms with Crippen LogP contribution in [0.5, 0.6) is 5.75 Å². The molecule has 0 saturated heterocycles. The minimum absolute atomic E-state index is 0.109. The average molecular weight is 297 g/mol. The molecule has 0 aliphatic carbocycles. The van der Waals surface area contributed by atoms with Crippen LogP contribution in [0.4, 0.5) is 0 Å². The van der Waals surface area contributed by atoms with Crippen molar-refractivity contribution in [2.75, 3.05) is 6.61 Å². The van der Waals surface area contributed by atoms with E-state index in [2.05, 4.69) is 35.0 Å². The molecule has 0 aromatic heterocycles. The zero-order valence-electron chi connectivity index (χ0n) is 10.3. The van der Waals surface area contributed by atoms with Crippen molar-refractivity contribution in [2.45, 2.75) is 33.1 Å². The molecule has 92 valence electrons. The van der Waals surface area contributed by atoms with E-state index >= 15 is 0 Å². The third-order valence-electron chi connectivity index (χ3n) is 3.36. The van der Waals surface area contributed by atoms with Crippen molar-refractivity contribution in [1.29, 1.82) is 0 Å². The van der Waals surface area contributed by atoms with E-state index in [0.717, 1.165) is 41.7 Å². The highest BCUT2D eigenvalue weighted by atomic mass is 79.9. The highest BCUT2D eigenvalue weighted by molar-refractivity contribution is 9.10. The normalized spacial score (nSPS) is 15.2. The number of carbonyl (C=O) groups is 1. The fourth-order valence-corrected chi connectivity index (χ4v) is 2.89. The summed E-state index contributed by atoms with van der Waals surface area (Å²) in [6.45, 7) is 4.49. The Balaban J connectivity index is 2.29. The van der Waals surface area contributed by atoms with Crippen LogP contribution in [0, 0.1) is 5.92 Å². The molecule has 2 nitrogen and oxygen atoms in total. The van der Waals surface area contributed by atoms with E-state index in [0.29, 0.717) is 0 Å². The highest BCUT2D eigenvalue weighted by Crippen LogP contribution is 2.34. The lowest BCUT2D eigenvalue weighted by molar-refractivity contribution is -0.120. The molecule has 1 aliphatic heterocycles. The quantitative estimate of drug-likeness (QED) is 0.849. The molecule has 0 fully saturated rings. The van der Waals surface area contributed by atoms with Gasteiger partial charge in [-0.2, -0.15) is 0 Å². The van der Waals surface area contributed by atoms with Crippen molar-refractivity contribution in [3.63, 3.8) is 0 Å². The van der Waals surface area contributed by atoms with Crippen LogP contribution in [0.1, 0.15) is 31.4 Å². The SMILES string of the molecule is CCC(Cc1cc(Br)cc2c1OCC2)C(C)=O. The minimum atomic E-state index is 0.109. The summed E-state index contributed by atoms with van der Waals surface area (Å²) in [4.78, 5) is 11.5. The van der Waals surface area contributed by atoms with Crippen molar-refractivity contribution in [2.24, 2.45) is 5.92 Å². The van der Waals surface area contributed by atoms with Gasteiger partial charge in [0, 0.05) is 16.8 Å². The molecule has 1 heterocycles. The summed E-state index contributed by atoms with van der Waals surface area (Å²) in [7, 11) is 0. The van der Waals surface area contributed by atoms with Crippen molar-refractivity contribution in [3.8, 4) is 5.75 Å². The van der Waals surface area contributed by atoms with Gasteiger partial charge in [0.25, 0.3) is 0 Å². The van der Waals surface area contributed by atoms with Crippen molar-refractivity contribution < 1.29 is 9.53 Å². The Bertz CT molecular complexity index is 440. The van der Waals surface area contributed by atoms with Crippen LogP contribution in [0.3, 0.4) is 0 Å². The van der Waals surface area contributed by atoms with Gasteiger partial charge in [-0.05, 0) is 43.0 Å². The maximum absolute atomic E-state index is 11.5. The summed E-state index contributed by atoms with van der Waals surface area (Å²) in [5.74, 6) is 1.38. The molecule has 1 aliphatic rings. The maximum atomic E-state index is 11.5. The fraction of sp³-hybridized carbons (Fsp3) is 0.500. The van der Waals surface area contributed by atoms with Crippen LogP contribution < -0.4 is 4.74 Å². The largest absolute Gasteiger partial charge is 0.493 e. The summed E-state index contributed by atoms with van der Waals surface area (Å²) in [6.07, 6.45) is 2.64. The van der Waals surface area contributed by atoms with E-state index in [9.17, 15) is 4.79 Å². The zero-order valence-corrected chi connectivity index (χ0v) is 11.8. The molecule has 0 spiro atoms. The van der Waals surface area contributed by atoms with Crippen molar-refractivity contribution in [1.82, 2.24) is 0 Å². The predicted octanol–water partition coefficient (Wildman–Crippen LogP) is 3.54. The van der Waals surface area contributed by atoms with Crippen LogP contribution in [0.25, 0.3) is 0 Å². The molecule has 2 rings (SSSR count). The van der Waals surface area contributed by atoms with E-state index < -0.39 is 0 Å². The Hall–Kier alpha value is -0.830. The number of halogens is 1. The first kappa shape index (κ1) is 12.6. The number of carbonyl (C=O) groups excluding carboxylic acids is 1. The Labute approximate surface area is 110 Å². The molecule has 0 saturated carbocycles. The summed E-state index contributed by atoms with van der Waals surface area (Å²) < 4.78 is 6.76. The summed E-state index contributed by atoms with van der Waals surface area (Å²) in [5, 5.41) is 0. The van der Waals surface area contributed by atoms with Gasteiger partial charge >= 0.3 is 0 Å². The summed E-state index contributed by atoms with van der Waals surface area (Å²) in [6, 6.07) is 4.19. The molecule has 0 amide bonds. The first-order chi connectivity index (χ1) is 8.11. The van der Waals surface area contributed by atoms with E-state index in [1.807, 2.05) is 0 Å². The van der Waals surface area contributed by atoms with Crippen LogP contribution in [-0.2, 0) is 17.6 Å². The van der Waals surface area contributed by atoms with Crippen molar-refractivity contribution in [3.05, 3.63) is 27.7 Å². The number of ether oxygens (including phenoxy) is 1. The maximum Gasteiger partial charge on any atom is 0.133 e. The van der Waals surface area contributed by atoms with E-state index in [4.69, 9.17) is 4.74 Å². The third kappa shape index (κ3) is 2.71. The van der Waals surface area contributed by atoms with Gasteiger partial charge in [-0.1, -0.05) is 22.9 Å². The van der Waals surface area contributed by atoms with Crippen LogP contribution in [0.2, 0.25) is 0 Å². The van der Waals surface area contributed by atoms with Crippen molar-refractivity contribution >= 4 is 21.7 Å². The number of hydrogen-bond acceptors (Lipinski definition) is 2. The van der Waals surface area contributed by atoms with Gasteiger partial charge in [-0.3, -0.25) is 4.79 Å². The highest BCUT2D eigenvalue weighted by Gasteiger charge is 2.21. The molecule has 1 unspecified atom stereocenters. The van der Waals surface area contributed by atoms with Crippen LogP contribution >= 0.6 is 15.9 Å². The monoisotopic (exact) mass is 296 g/mol. The molecule has 1 aromatic carbocycles. The van der Waals surface area contributed by atoms with E-state index in [-0.39, 0.29) is 11.7 Å². The number of Topliss-reactive ketones (excluding diaryl/α,β-unsaturated/α-hetero) is 1. The lowest BCUT2D eigenvalue weighted by Crippen LogP contribution is -2.13. The Kier molecular flexibility index (Phi) is 3.87. The van der Waals surface area contributed by atoms with Gasteiger partial charge < -0.3 is 4.74 Å². The topological polar surface area (TPSA) is 26.3 Å². The second-order valence-electron chi connectivity index (χ2n) is 4.57. The van der Waals surface area contributed by atoms with Gasteiger partial charge in [-0.15, -0.1) is 0 Å². The minimum Gasteiger partial charge on any atom is -0.493 e. The number of benzene rings is 1. The summed E-state index contributed by atoms with van der Waals surface area (Å²) >= 11 is 3.52. The molecule has 0 bridgehead atoms. The molecule has 17 heavy (non-hydrogen) atoms. The molecule has 1 atom stereocenters. The molecule has 3 heteroatoms. The molecule has 1 aromatic rings. The van der Waals surface area contributed by atoms with Gasteiger partial charge in [0.1, 0.15) is 11.5 Å². The summed E-state index contributed by atoms with van der Waals surface area (Å²) in [5.41, 5.74) is 2.42. The fourth-order valence-electron chi connectivity index (χ4n) is 2.34. The number of ketones is 1. The first-order valence-electron chi connectivity index (χ1n) is 6.06. The van der Waals surface area contributed by atoms with Crippen LogP contribution in [0.15, 0.2) is 16.6 Å². The zero-order chi connectivity index (χ0) is 12.4. The lowest BCUT2D eigenvalue weighted by atomic mass is 9.92. The lowest BCUT2D eigenvalue weighted by Gasteiger charge is -2.14. The molecule has 0 N–H and O–H groups in total. The van der Waals surface area contributed by atoms with Crippen LogP contribution in [-0.4, -0.2) is 12.4 Å². The Morgan fingerprint density at radius 2 is 2.29 bits per heavy atom. The molecule has 0 radical (unpaired) electrons. The number of rotatable bonds is 4. The molecular weight excluding hydrogens is 280 g/mol. The van der Waals surface area contributed by atoms with Gasteiger partial charge in [-0.25, -0.2) is 0 Å². The second kappa shape index (κ2) is 5.21. The second-order valence-corrected chi connectivity index (χ2v) is 5.49. The van der Waals surface area contributed by atoms with E-state index in [1.54, 1.807) is 6.92 Å². The first-order valence-corrected chi connectivity index (χ1v) is 6.85. The predicted molar refractivity (Wildman–Crippen MR) is 71.5 cm³/mol. The smallest absolute Gasteiger partial charge is 0.133 e. The average Bonchev–Trinajstić information content (AvgIpc) is 2.72. The number of hydrogen-bond donors (Lipinski definition) is 0. The standard InChI is InChI=1S/C14H17BrO2/c1-3-10(9(2)16)6-12-8-13(15)7-11-4-5-17-14(11)12/h7-8,10H,3-6H2,1-2H3. The van der Waals surface area contributed by atoms with E-state index in [1.165, 1.54) is 5.56 Å². The number of fused-ring (bicyclic) bond motifs is 1. The van der Waals surface area contributed by atoms with Gasteiger partial charge in [0.05, 0.1) is 6.61 Å². The molecular formula is C14H17BrO2. The Morgan fingerprint density at radius 3 is 2.94 bits per heavy atom. The van der Waals surface area contributed by atoms with Gasteiger partial charge in [0.15, 0.2) is 0 Å². The Morgan fingerprint density at radius 1 is 1.53 bits per heavy atom. The third-order valence-corrected chi connectivity index (χ3v) is 3.82. The van der Waals surface area contributed by atoms with Gasteiger partial charge in [0.2, 0.25) is 0 Å².